The van der Waals surface area contributed by atoms with Gasteiger partial charge in [-0.15, -0.1) is 0 Å². The number of fused-ring (bicyclic) bond motifs is 1. The summed E-state index contributed by atoms with van der Waals surface area (Å²) in [4.78, 5) is 0. The molecular formula is C7H6FN. The zero-order chi connectivity index (χ0) is 6.43. The minimum absolute atomic E-state index is 0.126. The predicted octanol–water partition coefficient (Wildman–Crippen LogP) is 2.19. The van der Waals surface area contributed by atoms with Gasteiger partial charge < -0.3 is 5.32 Å². The first-order valence-electron chi connectivity index (χ1n) is 2.84. The first kappa shape index (κ1) is 4.79. The van der Waals surface area contributed by atoms with Crippen LogP contribution in [0.2, 0.25) is 0 Å². The van der Waals surface area contributed by atoms with Gasteiger partial charge in [-0.05, 0) is 24.6 Å². The number of benzene rings is 1. The predicted molar refractivity (Wildman–Crippen MR) is 34.4 cm³/mol. The Morgan fingerprint density at radius 1 is 1.33 bits per heavy atom. The Morgan fingerprint density at radius 3 is 2.67 bits per heavy atom. The van der Waals surface area contributed by atoms with Gasteiger partial charge in [0.1, 0.15) is 5.82 Å². The molecule has 1 heterocycles. The first-order valence-corrected chi connectivity index (χ1v) is 2.84. The van der Waals surface area contributed by atoms with Crippen LogP contribution in [0.3, 0.4) is 0 Å². The van der Waals surface area contributed by atoms with E-state index < -0.39 is 0 Å². The lowest BCUT2D eigenvalue weighted by molar-refractivity contribution is 0.620. The maximum absolute atomic E-state index is 12.6. The fraction of sp³-hybridized carbons (Fsp3) is 0.143. The Labute approximate surface area is 52.5 Å². The van der Waals surface area contributed by atoms with Crippen LogP contribution in [0.5, 0.6) is 0 Å². The summed E-state index contributed by atoms with van der Waals surface area (Å²) in [5.41, 5.74) is 2.70. The van der Waals surface area contributed by atoms with Crippen LogP contribution >= 0.6 is 0 Å². The van der Waals surface area contributed by atoms with Gasteiger partial charge in [-0.2, -0.15) is 0 Å². The maximum atomic E-state index is 12.6. The Balaban J connectivity index is 2.66. The quantitative estimate of drug-likeness (QED) is 0.533. The second-order valence-corrected chi connectivity index (χ2v) is 2.27. The highest BCUT2D eigenvalue weighted by molar-refractivity contribution is 5.90. The molecule has 1 aromatic carbocycles. The Morgan fingerprint density at radius 2 is 2.00 bits per heavy atom. The monoisotopic (exact) mass is 123 g/mol. The lowest BCUT2D eigenvalue weighted by Crippen LogP contribution is -1.73. The van der Waals surface area contributed by atoms with E-state index in [0.29, 0.717) is 5.56 Å². The molecule has 0 bridgehead atoms. The number of hydrogen-bond donors (Lipinski definition) is 1. The van der Waals surface area contributed by atoms with E-state index in [9.17, 15) is 4.39 Å². The van der Waals surface area contributed by atoms with Crippen LogP contribution < -0.4 is 5.32 Å². The van der Waals surface area contributed by atoms with Gasteiger partial charge in [0.25, 0.3) is 0 Å². The largest absolute Gasteiger partial charge is 0.352 e. The van der Waals surface area contributed by atoms with Crippen molar-refractivity contribution >= 4 is 11.4 Å². The van der Waals surface area contributed by atoms with Crippen molar-refractivity contribution in [1.82, 2.24) is 0 Å². The van der Waals surface area contributed by atoms with Crippen molar-refractivity contribution < 1.29 is 4.39 Å². The molecule has 0 spiro atoms. The number of halogens is 1. The highest BCUT2D eigenvalue weighted by Crippen LogP contribution is 2.39. The van der Waals surface area contributed by atoms with Crippen LogP contribution in [-0.4, -0.2) is 0 Å². The minimum Gasteiger partial charge on any atom is -0.352 e. The van der Waals surface area contributed by atoms with Gasteiger partial charge in [0, 0.05) is 0 Å². The molecule has 1 N–H and O–H groups in total. The molecule has 46 valence electrons. The third-order valence-corrected chi connectivity index (χ3v) is 1.51. The van der Waals surface area contributed by atoms with Crippen molar-refractivity contribution in [1.29, 1.82) is 0 Å². The third-order valence-electron chi connectivity index (χ3n) is 1.51. The molecule has 1 aliphatic rings. The first-order chi connectivity index (χ1) is 4.27. The van der Waals surface area contributed by atoms with Crippen LogP contribution in [0.25, 0.3) is 0 Å². The van der Waals surface area contributed by atoms with Gasteiger partial charge in [0.15, 0.2) is 0 Å². The highest BCUT2D eigenvalue weighted by Gasteiger charge is 2.16. The number of aryl methyl sites for hydroxylation is 1. The molecule has 9 heavy (non-hydrogen) atoms. The summed E-state index contributed by atoms with van der Waals surface area (Å²) >= 11 is 0. The molecule has 0 saturated carbocycles. The van der Waals surface area contributed by atoms with Gasteiger partial charge >= 0.3 is 0 Å². The second kappa shape index (κ2) is 1.26. The zero-order valence-electron chi connectivity index (χ0n) is 5.03. The molecule has 0 aromatic heterocycles. The molecular weight excluding hydrogens is 117 g/mol. The van der Waals surface area contributed by atoms with Gasteiger partial charge in [-0.3, -0.25) is 0 Å². The van der Waals surface area contributed by atoms with Gasteiger partial charge in [0.2, 0.25) is 0 Å². The molecule has 1 aliphatic heterocycles. The molecule has 1 nitrogen and oxygen atoms in total. The Kier molecular flexibility index (Phi) is 0.673. The minimum atomic E-state index is -0.126. The molecule has 0 radical (unpaired) electrons. The molecule has 0 unspecified atom stereocenters. The van der Waals surface area contributed by atoms with Crippen molar-refractivity contribution in [2.45, 2.75) is 6.92 Å². The number of nitrogens with one attached hydrogen (secondary N) is 1. The molecule has 0 atom stereocenters. The SMILES string of the molecule is Cc1cc2c(cc1F)N2. The standard InChI is InChI=1S/C7H6FN/c1-4-2-6-7(9-6)3-5(4)8/h2-3,9H,1H3. The van der Waals surface area contributed by atoms with Crippen LogP contribution in [0.4, 0.5) is 15.8 Å². The zero-order valence-corrected chi connectivity index (χ0v) is 5.03. The van der Waals surface area contributed by atoms with E-state index in [1.165, 1.54) is 6.07 Å². The average molecular weight is 123 g/mol. The highest BCUT2D eigenvalue weighted by atomic mass is 19.1. The van der Waals surface area contributed by atoms with E-state index >= 15 is 0 Å². The van der Waals surface area contributed by atoms with E-state index in [1.54, 1.807) is 6.92 Å². The van der Waals surface area contributed by atoms with Gasteiger partial charge in [0.05, 0.1) is 11.4 Å². The molecule has 2 rings (SSSR count). The van der Waals surface area contributed by atoms with Crippen molar-refractivity contribution in [3.63, 3.8) is 0 Å². The van der Waals surface area contributed by atoms with Crippen LogP contribution in [-0.2, 0) is 0 Å². The Bertz CT molecular complexity index is 241. The summed E-state index contributed by atoms with van der Waals surface area (Å²) in [6.45, 7) is 1.76. The molecule has 0 fully saturated rings. The lowest BCUT2D eigenvalue weighted by atomic mass is 10.2. The molecule has 0 aliphatic carbocycles. The summed E-state index contributed by atoms with van der Waals surface area (Å²) in [5, 5.41) is 2.93. The van der Waals surface area contributed by atoms with E-state index in [-0.39, 0.29) is 5.82 Å². The van der Waals surface area contributed by atoms with Gasteiger partial charge in [-0.1, -0.05) is 0 Å². The molecule has 2 heteroatoms. The van der Waals surface area contributed by atoms with Crippen LogP contribution in [0.1, 0.15) is 5.56 Å². The van der Waals surface area contributed by atoms with Crippen molar-refractivity contribution in [3.05, 3.63) is 23.5 Å². The fourth-order valence-corrected chi connectivity index (χ4v) is 0.868. The molecule has 0 saturated heterocycles. The summed E-state index contributed by atoms with van der Waals surface area (Å²) in [5.74, 6) is -0.126. The summed E-state index contributed by atoms with van der Waals surface area (Å²) in [6, 6.07) is 3.33. The van der Waals surface area contributed by atoms with E-state index in [1.807, 2.05) is 6.07 Å². The van der Waals surface area contributed by atoms with Crippen molar-refractivity contribution in [3.8, 4) is 0 Å². The average Bonchev–Trinajstić information content (AvgIpc) is 2.46. The number of hydrogen-bond acceptors (Lipinski definition) is 1. The van der Waals surface area contributed by atoms with Crippen molar-refractivity contribution in [2.75, 3.05) is 5.32 Å². The summed E-state index contributed by atoms with van der Waals surface area (Å²) in [6.07, 6.45) is 0. The summed E-state index contributed by atoms with van der Waals surface area (Å²) in [7, 11) is 0. The molecule has 0 amide bonds. The second-order valence-electron chi connectivity index (χ2n) is 2.27. The van der Waals surface area contributed by atoms with E-state index in [4.69, 9.17) is 0 Å². The van der Waals surface area contributed by atoms with Gasteiger partial charge in [-0.25, -0.2) is 4.39 Å². The van der Waals surface area contributed by atoms with E-state index in [0.717, 1.165) is 11.4 Å². The van der Waals surface area contributed by atoms with Crippen molar-refractivity contribution in [2.24, 2.45) is 0 Å². The maximum Gasteiger partial charge on any atom is 0.128 e. The lowest BCUT2D eigenvalue weighted by Gasteiger charge is -1.87. The summed E-state index contributed by atoms with van der Waals surface area (Å²) < 4.78 is 12.6. The number of rotatable bonds is 0. The normalized spacial score (nSPS) is 12.2. The molecule has 1 aromatic rings. The third kappa shape index (κ3) is 0.593. The van der Waals surface area contributed by atoms with Crippen LogP contribution in [0.15, 0.2) is 12.1 Å². The fourth-order valence-electron chi connectivity index (χ4n) is 0.868. The Hall–Kier alpha value is -1.05. The van der Waals surface area contributed by atoms with E-state index in [2.05, 4.69) is 5.32 Å². The topological polar surface area (TPSA) is 21.9 Å². The number of anilines is 2. The smallest absolute Gasteiger partial charge is 0.128 e. The van der Waals surface area contributed by atoms with Crippen LogP contribution in [0, 0.1) is 12.7 Å².